The number of anilines is 1. The van der Waals surface area contributed by atoms with E-state index in [0.29, 0.717) is 51.1 Å². The van der Waals surface area contributed by atoms with Crippen molar-refractivity contribution in [1.29, 1.82) is 0 Å². The molecule has 146 valence electrons. The summed E-state index contributed by atoms with van der Waals surface area (Å²) < 4.78 is 30.2. The number of likely N-dealkylation sites (tertiary alicyclic amines) is 1. The molecule has 4 aliphatic rings. The van der Waals surface area contributed by atoms with E-state index in [0.717, 1.165) is 30.5 Å². The van der Waals surface area contributed by atoms with Crippen LogP contribution in [0.25, 0.3) is 0 Å². The first-order valence-electron chi connectivity index (χ1n) is 9.68. The van der Waals surface area contributed by atoms with Crippen molar-refractivity contribution in [2.45, 2.75) is 55.4 Å². The molecule has 1 saturated carbocycles. The molecule has 3 aliphatic heterocycles. The summed E-state index contributed by atoms with van der Waals surface area (Å²) in [5.41, 5.74) is 1.55. The third-order valence-electron chi connectivity index (χ3n) is 6.18. The van der Waals surface area contributed by atoms with E-state index in [2.05, 4.69) is 10.3 Å². The van der Waals surface area contributed by atoms with Gasteiger partial charge in [0.25, 0.3) is 0 Å². The maximum atomic E-state index is 12.9. The number of nitrogens with zero attached hydrogens (tertiary/aromatic N) is 3. The number of ether oxygens (including phenoxy) is 1. The molecular weight excluding hydrogens is 368 g/mol. The van der Waals surface area contributed by atoms with Crippen LogP contribution in [0.4, 0.5) is 5.95 Å². The third kappa shape index (κ3) is 3.00. The summed E-state index contributed by atoms with van der Waals surface area (Å²) >= 11 is 0. The highest BCUT2D eigenvalue weighted by molar-refractivity contribution is 7.93. The van der Waals surface area contributed by atoms with Crippen LogP contribution >= 0.6 is 0 Å². The van der Waals surface area contributed by atoms with Crippen LogP contribution in [0.1, 0.15) is 43.4 Å². The van der Waals surface area contributed by atoms with Crippen molar-refractivity contribution in [3.8, 4) is 0 Å². The van der Waals surface area contributed by atoms with Crippen molar-refractivity contribution in [2.75, 3.05) is 30.8 Å². The molecule has 1 aromatic heterocycles. The van der Waals surface area contributed by atoms with E-state index in [1.165, 1.54) is 0 Å². The van der Waals surface area contributed by atoms with Gasteiger partial charge in [0, 0.05) is 30.9 Å². The minimum Gasteiger partial charge on any atom is -0.376 e. The number of hydrogen-bond donors (Lipinski definition) is 1. The van der Waals surface area contributed by atoms with Crippen LogP contribution in [-0.2, 0) is 31.4 Å². The van der Waals surface area contributed by atoms with E-state index in [9.17, 15) is 13.2 Å². The average molecular weight is 392 g/mol. The van der Waals surface area contributed by atoms with Crippen LogP contribution < -0.4 is 5.32 Å². The van der Waals surface area contributed by atoms with E-state index < -0.39 is 15.1 Å². The van der Waals surface area contributed by atoms with E-state index in [1.807, 2.05) is 6.20 Å². The van der Waals surface area contributed by atoms with Crippen molar-refractivity contribution in [3.05, 3.63) is 17.5 Å². The zero-order chi connectivity index (χ0) is 18.6. The van der Waals surface area contributed by atoms with Gasteiger partial charge >= 0.3 is 0 Å². The Morgan fingerprint density at radius 3 is 2.93 bits per heavy atom. The van der Waals surface area contributed by atoms with Crippen molar-refractivity contribution < 1.29 is 17.9 Å². The lowest BCUT2D eigenvalue weighted by molar-refractivity contribution is -0.130. The molecule has 2 atom stereocenters. The molecule has 9 heteroatoms. The average Bonchev–Trinajstić information content (AvgIpc) is 3.24. The molecule has 3 fully saturated rings. The van der Waals surface area contributed by atoms with Crippen LogP contribution in [0, 0.1) is 0 Å². The first kappa shape index (κ1) is 17.4. The van der Waals surface area contributed by atoms with E-state index >= 15 is 0 Å². The Balaban J connectivity index is 1.41. The van der Waals surface area contributed by atoms with Crippen LogP contribution in [-0.4, -0.2) is 65.9 Å². The SMILES string of the molecule is O=C([C@@H]1CCCS1(=O)=O)N1CCC2(COCc3cnc(NC4CC4)nc32)C1. The molecule has 0 aromatic carbocycles. The van der Waals surface area contributed by atoms with Crippen LogP contribution in [0.15, 0.2) is 6.20 Å². The summed E-state index contributed by atoms with van der Waals surface area (Å²) in [5, 5.41) is 2.47. The number of carbonyl (C=O) groups excluding carboxylic acids is 1. The number of amides is 1. The lowest BCUT2D eigenvalue weighted by atomic mass is 9.80. The molecule has 1 N–H and O–H groups in total. The molecule has 0 radical (unpaired) electrons. The standard InChI is InChI=1S/C18H24N4O4S/c23-16(14-2-1-7-27(14,24)25)22-6-5-18(10-22)11-26-9-12-8-19-17(21-15(12)18)20-13-3-4-13/h8,13-14H,1-7,9-11H2,(H,19,20,21)/t14-,18?/m0/s1. The van der Waals surface area contributed by atoms with Crippen molar-refractivity contribution in [3.63, 3.8) is 0 Å². The van der Waals surface area contributed by atoms with Crippen LogP contribution in [0.2, 0.25) is 0 Å². The highest BCUT2D eigenvalue weighted by Gasteiger charge is 2.49. The summed E-state index contributed by atoms with van der Waals surface area (Å²) in [4.78, 5) is 23.8. The molecule has 2 saturated heterocycles. The first-order chi connectivity index (χ1) is 13.0. The molecule has 1 aliphatic carbocycles. The zero-order valence-corrected chi connectivity index (χ0v) is 16.0. The number of hydrogen-bond acceptors (Lipinski definition) is 7. The van der Waals surface area contributed by atoms with Gasteiger partial charge in [-0.1, -0.05) is 0 Å². The molecule has 5 rings (SSSR count). The number of fused-ring (bicyclic) bond motifs is 2. The summed E-state index contributed by atoms with van der Waals surface area (Å²) in [6.45, 7) is 1.99. The minimum absolute atomic E-state index is 0.123. The molecule has 4 heterocycles. The van der Waals surface area contributed by atoms with E-state index in [1.54, 1.807) is 4.90 Å². The summed E-state index contributed by atoms with van der Waals surface area (Å²) in [6, 6.07) is 0.466. The monoisotopic (exact) mass is 392 g/mol. The van der Waals surface area contributed by atoms with Crippen LogP contribution in [0.3, 0.4) is 0 Å². The molecule has 27 heavy (non-hydrogen) atoms. The van der Waals surface area contributed by atoms with Gasteiger partial charge in [-0.05, 0) is 32.1 Å². The predicted octanol–water partition coefficient (Wildman–Crippen LogP) is 0.628. The fraction of sp³-hybridized carbons (Fsp3) is 0.722. The van der Waals surface area contributed by atoms with Gasteiger partial charge in [-0.3, -0.25) is 4.79 Å². The Bertz CT molecular complexity index is 885. The Morgan fingerprint density at radius 2 is 2.19 bits per heavy atom. The van der Waals surface area contributed by atoms with Crippen molar-refractivity contribution >= 4 is 21.7 Å². The molecule has 1 amide bonds. The lowest BCUT2D eigenvalue weighted by Gasteiger charge is -2.34. The van der Waals surface area contributed by atoms with Gasteiger partial charge in [0.05, 0.1) is 30.1 Å². The molecular formula is C18H24N4O4S. The van der Waals surface area contributed by atoms with Crippen LogP contribution in [0.5, 0.6) is 0 Å². The van der Waals surface area contributed by atoms with Gasteiger partial charge in [0.2, 0.25) is 11.9 Å². The van der Waals surface area contributed by atoms with E-state index in [4.69, 9.17) is 9.72 Å². The Hall–Kier alpha value is -1.74. The van der Waals surface area contributed by atoms with Gasteiger partial charge in [-0.25, -0.2) is 18.4 Å². The minimum atomic E-state index is -3.30. The summed E-state index contributed by atoms with van der Waals surface area (Å²) in [6.07, 6.45) is 5.86. The smallest absolute Gasteiger partial charge is 0.240 e. The summed E-state index contributed by atoms with van der Waals surface area (Å²) in [5.74, 6) is 0.514. The van der Waals surface area contributed by atoms with Gasteiger partial charge in [-0.2, -0.15) is 0 Å². The number of aromatic nitrogens is 2. The largest absolute Gasteiger partial charge is 0.376 e. The predicted molar refractivity (Wildman–Crippen MR) is 98.0 cm³/mol. The van der Waals surface area contributed by atoms with Gasteiger partial charge in [0.1, 0.15) is 5.25 Å². The quantitative estimate of drug-likeness (QED) is 0.805. The second kappa shape index (κ2) is 6.13. The van der Waals surface area contributed by atoms with E-state index in [-0.39, 0.29) is 17.1 Å². The molecule has 8 nitrogen and oxygen atoms in total. The topological polar surface area (TPSA) is 101 Å². The summed E-state index contributed by atoms with van der Waals surface area (Å²) in [7, 11) is -3.30. The maximum Gasteiger partial charge on any atom is 0.240 e. The van der Waals surface area contributed by atoms with Gasteiger partial charge < -0.3 is 15.0 Å². The molecule has 1 unspecified atom stereocenters. The second-order valence-electron chi connectivity index (χ2n) is 8.27. The highest BCUT2D eigenvalue weighted by atomic mass is 32.2. The fourth-order valence-electron chi connectivity index (χ4n) is 4.52. The van der Waals surface area contributed by atoms with Crippen molar-refractivity contribution in [1.82, 2.24) is 14.9 Å². The van der Waals surface area contributed by atoms with Crippen molar-refractivity contribution in [2.24, 2.45) is 0 Å². The number of sulfone groups is 1. The second-order valence-corrected chi connectivity index (χ2v) is 10.6. The Labute approximate surface area is 158 Å². The third-order valence-corrected chi connectivity index (χ3v) is 8.34. The molecule has 1 spiro atoms. The Morgan fingerprint density at radius 1 is 1.33 bits per heavy atom. The molecule has 1 aromatic rings. The number of rotatable bonds is 3. The highest BCUT2D eigenvalue weighted by Crippen LogP contribution is 2.40. The Kier molecular flexibility index (Phi) is 3.94. The van der Waals surface area contributed by atoms with Gasteiger partial charge in [-0.15, -0.1) is 0 Å². The number of nitrogens with one attached hydrogen (secondary N) is 1. The fourth-order valence-corrected chi connectivity index (χ4v) is 6.36. The normalized spacial score (nSPS) is 31.9. The first-order valence-corrected chi connectivity index (χ1v) is 11.4. The van der Waals surface area contributed by atoms with Gasteiger partial charge in [0.15, 0.2) is 9.84 Å². The zero-order valence-electron chi connectivity index (χ0n) is 15.2. The lowest BCUT2D eigenvalue weighted by Crippen LogP contribution is -2.45. The number of carbonyl (C=O) groups is 1. The molecule has 0 bridgehead atoms. The maximum absolute atomic E-state index is 12.9.